The molecule has 0 N–H and O–H groups in total. The van der Waals surface area contributed by atoms with E-state index >= 15 is 0 Å². The van der Waals surface area contributed by atoms with Gasteiger partial charge in [0, 0.05) is 47.6 Å². The summed E-state index contributed by atoms with van der Waals surface area (Å²) >= 11 is 1.80. The first-order chi connectivity index (χ1) is 32.6. The molecule has 12 rings (SSSR count). The number of nitriles is 1. The fourth-order valence-electron chi connectivity index (χ4n) is 9.18. The minimum absolute atomic E-state index is 0.526. The van der Waals surface area contributed by atoms with Crippen molar-refractivity contribution < 1.29 is 0 Å². The summed E-state index contributed by atoms with van der Waals surface area (Å²) < 4.78 is 4.78. The summed E-state index contributed by atoms with van der Waals surface area (Å²) in [5, 5.41) is 14.8. The Balaban J connectivity index is 1.18. The van der Waals surface area contributed by atoms with Crippen molar-refractivity contribution in [2.75, 3.05) is 0 Å². The molecule has 0 fully saturated rings. The van der Waals surface area contributed by atoms with Gasteiger partial charge >= 0.3 is 0 Å². The van der Waals surface area contributed by atoms with Crippen LogP contribution in [0.2, 0.25) is 0 Å². The number of fused-ring (bicyclic) bond motifs is 6. The molecule has 0 aliphatic heterocycles. The predicted octanol–water partition coefficient (Wildman–Crippen LogP) is 15.8. The van der Waals surface area contributed by atoms with Gasteiger partial charge in [0.1, 0.15) is 0 Å². The molecule has 0 aliphatic rings. The standard InChI is InChI=1S/C59H34N6S/c1-61-51-22-12-10-20-45(51)42-26-29-47-46-28-25-41(44-19-9-8-18-43(44)36-60)33-53(46)65(54(47)34-42)52-31-27-39(40-24-30-49-48-21-11-13-23-55(48)66-56(49)35-40)32-50(52)59-63-57(37-14-4-2-5-15-37)62-58(64-59)38-16-6-3-7-17-38/h2-35H. The lowest BCUT2D eigenvalue weighted by Gasteiger charge is -2.17. The molecule has 3 aromatic heterocycles. The summed E-state index contributed by atoms with van der Waals surface area (Å²) in [4.78, 5) is 19.6. The van der Waals surface area contributed by atoms with Crippen LogP contribution in [0, 0.1) is 17.9 Å². The molecule has 12 aromatic rings. The fourth-order valence-corrected chi connectivity index (χ4v) is 10.3. The van der Waals surface area contributed by atoms with Crippen LogP contribution in [0.15, 0.2) is 206 Å². The summed E-state index contributed by atoms with van der Waals surface area (Å²) in [6.45, 7) is 8.02. The van der Waals surface area contributed by atoms with E-state index in [-0.39, 0.29) is 0 Å². The van der Waals surface area contributed by atoms with Crippen molar-refractivity contribution in [3.63, 3.8) is 0 Å². The van der Waals surface area contributed by atoms with E-state index in [0.717, 1.165) is 77.6 Å². The summed E-state index contributed by atoms with van der Waals surface area (Å²) in [6, 6.07) is 72.8. The van der Waals surface area contributed by atoms with Gasteiger partial charge in [-0.25, -0.2) is 19.8 Å². The number of hydrogen-bond acceptors (Lipinski definition) is 5. The Morgan fingerprint density at radius 2 is 0.955 bits per heavy atom. The van der Waals surface area contributed by atoms with E-state index in [9.17, 15) is 5.26 Å². The van der Waals surface area contributed by atoms with Gasteiger partial charge in [0.25, 0.3) is 0 Å². The SMILES string of the molecule is [C-]#[N+]c1ccccc1-c1ccc2c3ccc(-c4ccccc4C#N)cc3n(-c3ccc(-c4ccc5c(c4)sc4ccccc45)cc3-c3nc(-c4ccccc4)nc(-c4ccccc4)n3)c2c1. The van der Waals surface area contributed by atoms with E-state index in [4.69, 9.17) is 21.5 Å². The van der Waals surface area contributed by atoms with E-state index in [1.165, 1.54) is 20.2 Å². The van der Waals surface area contributed by atoms with Gasteiger partial charge < -0.3 is 4.57 Å². The van der Waals surface area contributed by atoms with E-state index in [1.54, 1.807) is 11.3 Å². The van der Waals surface area contributed by atoms with Gasteiger partial charge in [-0.15, -0.1) is 11.3 Å². The smallest absolute Gasteiger partial charge is 0.194 e. The maximum Gasteiger partial charge on any atom is 0.194 e. The maximum atomic E-state index is 10.2. The molecule has 0 bridgehead atoms. The van der Waals surface area contributed by atoms with Gasteiger partial charge in [0.15, 0.2) is 23.2 Å². The van der Waals surface area contributed by atoms with Crippen molar-refractivity contribution in [3.05, 3.63) is 223 Å². The molecule has 306 valence electrons. The third kappa shape index (κ3) is 6.59. The van der Waals surface area contributed by atoms with Crippen LogP contribution in [0.5, 0.6) is 0 Å². The molecular formula is C59H34N6S. The van der Waals surface area contributed by atoms with Crippen molar-refractivity contribution in [2.24, 2.45) is 0 Å². The third-order valence-corrected chi connectivity index (χ3v) is 13.5. The van der Waals surface area contributed by atoms with Gasteiger partial charge in [0.2, 0.25) is 0 Å². The van der Waals surface area contributed by atoms with Crippen LogP contribution in [0.1, 0.15) is 5.56 Å². The average molecular weight is 859 g/mol. The van der Waals surface area contributed by atoms with Crippen LogP contribution in [0.25, 0.3) is 120 Å². The van der Waals surface area contributed by atoms with Crippen molar-refractivity contribution >= 4 is 59.0 Å². The Labute approximate surface area is 384 Å². The normalized spacial score (nSPS) is 11.3. The largest absolute Gasteiger partial charge is 0.308 e. The molecule has 0 unspecified atom stereocenters. The highest BCUT2D eigenvalue weighted by Gasteiger charge is 2.22. The fraction of sp³-hybridized carbons (Fsp3) is 0. The molecule has 9 aromatic carbocycles. The number of benzene rings is 9. The van der Waals surface area contributed by atoms with Gasteiger partial charge in [-0.05, 0) is 75.8 Å². The zero-order chi connectivity index (χ0) is 44.1. The van der Waals surface area contributed by atoms with Gasteiger partial charge in [0.05, 0.1) is 34.9 Å². The summed E-state index contributed by atoms with van der Waals surface area (Å²) in [5.74, 6) is 1.66. The second-order valence-electron chi connectivity index (χ2n) is 16.2. The molecule has 0 atom stereocenters. The van der Waals surface area contributed by atoms with Crippen molar-refractivity contribution in [3.8, 4) is 79.3 Å². The molecule has 0 saturated heterocycles. The van der Waals surface area contributed by atoms with Crippen LogP contribution in [0.3, 0.4) is 0 Å². The third-order valence-electron chi connectivity index (χ3n) is 12.4. The molecule has 0 radical (unpaired) electrons. The molecule has 0 amide bonds. The number of hydrogen-bond donors (Lipinski definition) is 0. The zero-order valence-corrected chi connectivity index (χ0v) is 36.0. The number of thiophene rings is 1. The second kappa shape index (κ2) is 16.0. The highest BCUT2D eigenvalue weighted by Crippen LogP contribution is 2.43. The van der Waals surface area contributed by atoms with Crippen LogP contribution < -0.4 is 0 Å². The number of rotatable bonds is 7. The average Bonchev–Trinajstić information content (AvgIpc) is 3.93. The van der Waals surface area contributed by atoms with Crippen LogP contribution in [-0.4, -0.2) is 19.5 Å². The Kier molecular flexibility index (Phi) is 9.35. The molecular weight excluding hydrogens is 825 g/mol. The van der Waals surface area contributed by atoms with Crippen molar-refractivity contribution in [2.45, 2.75) is 0 Å². The first-order valence-electron chi connectivity index (χ1n) is 21.6. The summed E-state index contributed by atoms with van der Waals surface area (Å²) in [7, 11) is 0. The monoisotopic (exact) mass is 858 g/mol. The first kappa shape index (κ1) is 38.6. The van der Waals surface area contributed by atoms with E-state index in [1.807, 2.05) is 109 Å². The lowest BCUT2D eigenvalue weighted by atomic mass is 9.98. The minimum atomic E-state index is 0.526. The Bertz CT molecular complexity index is 3790. The van der Waals surface area contributed by atoms with Gasteiger partial charge in [-0.1, -0.05) is 164 Å². The second-order valence-corrected chi connectivity index (χ2v) is 17.2. The Hall–Kier alpha value is -9.01. The number of nitrogens with zero attached hydrogens (tertiary/aromatic N) is 6. The summed E-state index contributed by atoms with van der Waals surface area (Å²) in [5.41, 5.74) is 12.2. The topological polar surface area (TPSA) is 71.8 Å². The van der Waals surface area contributed by atoms with Gasteiger partial charge in [-0.3, -0.25) is 0 Å². The predicted molar refractivity (Wildman–Crippen MR) is 271 cm³/mol. The Morgan fingerprint density at radius 3 is 1.65 bits per heavy atom. The Morgan fingerprint density at radius 1 is 0.424 bits per heavy atom. The van der Waals surface area contributed by atoms with Crippen LogP contribution in [0.4, 0.5) is 5.69 Å². The summed E-state index contributed by atoms with van der Waals surface area (Å²) in [6.07, 6.45) is 0. The lowest BCUT2D eigenvalue weighted by Crippen LogP contribution is -2.04. The van der Waals surface area contributed by atoms with E-state index in [2.05, 4.69) is 113 Å². The zero-order valence-electron chi connectivity index (χ0n) is 35.2. The maximum absolute atomic E-state index is 10.2. The van der Waals surface area contributed by atoms with Crippen LogP contribution in [-0.2, 0) is 0 Å². The number of para-hydroxylation sites is 1. The minimum Gasteiger partial charge on any atom is -0.308 e. The quantitative estimate of drug-likeness (QED) is 0.150. The van der Waals surface area contributed by atoms with Crippen molar-refractivity contribution in [1.29, 1.82) is 5.26 Å². The van der Waals surface area contributed by atoms with Crippen molar-refractivity contribution in [1.82, 2.24) is 19.5 Å². The van der Waals surface area contributed by atoms with E-state index < -0.39 is 0 Å². The van der Waals surface area contributed by atoms with Crippen LogP contribution >= 0.6 is 11.3 Å². The molecule has 3 heterocycles. The highest BCUT2D eigenvalue weighted by atomic mass is 32.1. The first-order valence-corrected chi connectivity index (χ1v) is 22.4. The van der Waals surface area contributed by atoms with Gasteiger partial charge in [-0.2, -0.15) is 5.26 Å². The number of aromatic nitrogens is 4. The molecule has 7 heteroatoms. The lowest BCUT2D eigenvalue weighted by molar-refractivity contribution is 1.06. The molecule has 0 saturated carbocycles. The molecule has 0 spiro atoms. The molecule has 66 heavy (non-hydrogen) atoms. The molecule has 6 nitrogen and oxygen atoms in total. The van der Waals surface area contributed by atoms with E-state index in [0.29, 0.717) is 28.7 Å². The highest BCUT2D eigenvalue weighted by molar-refractivity contribution is 7.25. The molecule has 0 aliphatic carbocycles.